The first-order valence-corrected chi connectivity index (χ1v) is 10.4. The Morgan fingerprint density at radius 3 is 1.57 bits per heavy atom. The molecule has 0 aromatic carbocycles. The highest BCUT2D eigenvalue weighted by molar-refractivity contribution is 4.98. The molecular weight excluding hydrogens is 280 g/mol. The van der Waals surface area contributed by atoms with Crippen LogP contribution in [0.15, 0.2) is 12.4 Å². The standard InChI is InChI=1S/C21H42N2/c1-5-7-9-10-11-12-13-14-15-17-23-19-18-22(16-8-6-2)21(23)20(3)4/h18-21H,5-17H2,1-4H3. The maximum absolute atomic E-state index is 2.58. The van der Waals surface area contributed by atoms with E-state index in [1.807, 2.05) is 0 Å². The van der Waals surface area contributed by atoms with Gasteiger partial charge in [0.1, 0.15) is 6.17 Å². The maximum Gasteiger partial charge on any atom is 0.103 e. The quantitative estimate of drug-likeness (QED) is 0.342. The lowest BCUT2D eigenvalue weighted by molar-refractivity contribution is 0.104. The van der Waals surface area contributed by atoms with Gasteiger partial charge in [-0.05, 0) is 18.8 Å². The van der Waals surface area contributed by atoms with Gasteiger partial charge in [0, 0.05) is 25.5 Å². The van der Waals surface area contributed by atoms with Gasteiger partial charge >= 0.3 is 0 Å². The Balaban J connectivity index is 2.12. The minimum Gasteiger partial charge on any atom is -0.356 e. The van der Waals surface area contributed by atoms with E-state index in [1.54, 1.807) is 0 Å². The molecule has 0 aromatic rings. The Morgan fingerprint density at radius 1 is 0.652 bits per heavy atom. The summed E-state index contributed by atoms with van der Waals surface area (Å²) in [6.07, 6.45) is 20.6. The van der Waals surface area contributed by atoms with E-state index in [4.69, 9.17) is 0 Å². The highest BCUT2D eigenvalue weighted by Crippen LogP contribution is 2.24. The molecule has 0 spiro atoms. The SMILES string of the molecule is CCCCCCCCCCCN1C=CN(CCCC)C1C(C)C. The molecule has 23 heavy (non-hydrogen) atoms. The lowest BCUT2D eigenvalue weighted by Gasteiger charge is -2.35. The first-order valence-electron chi connectivity index (χ1n) is 10.4. The highest BCUT2D eigenvalue weighted by atomic mass is 15.4. The third-order valence-electron chi connectivity index (χ3n) is 5.02. The molecule has 0 fully saturated rings. The van der Waals surface area contributed by atoms with E-state index >= 15 is 0 Å². The van der Waals surface area contributed by atoms with Crippen LogP contribution in [0.3, 0.4) is 0 Å². The Bertz CT molecular complexity index is 298. The van der Waals surface area contributed by atoms with Crippen LogP contribution in [0.5, 0.6) is 0 Å². The highest BCUT2D eigenvalue weighted by Gasteiger charge is 2.27. The summed E-state index contributed by atoms with van der Waals surface area (Å²) in [6, 6.07) is 0. The molecule has 0 aromatic heterocycles. The van der Waals surface area contributed by atoms with Gasteiger partial charge in [0.05, 0.1) is 0 Å². The molecule has 0 radical (unpaired) electrons. The molecule has 1 unspecified atom stereocenters. The summed E-state index contributed by atoms with van der Waals surface area (Å²) in [5.74, 6) is 0.695. The van der Waals surface area contributed by atoms with Crippen LogP contribution in [0.2, 0.25) is 0 Å². The second kappa shape index (κ2) is 12.7. The molecule has 0 saturated heterocycles. The van der Waals surface area contributed by atoms with Gasteiger partial charge in [0.15, 0.2) is 0 Å². The third-order valence-corrected chi connectivity index (χ3v) is 5.02. The summed E-state index contributed by atoms with van der Waals surface area (Å²) in [5.41, 5.74) is 0. The molecule has 0 saturated carbocycles. The molecule has 136 valence electrons. The zero-order chi connectivity index (χ0) is 16.9. The van der Waals surface area contributed by atoms with E-state index in [0.717, 1.165) is 0 Å². The second-order valence-corrected chi connectivity index (χ2v) is 7.61. The van der Waals surface area contributed by atoms with Crippen molar-refractivity contribution in [3.05, 3.63) is 12.4 Å². The van der Waals surface area contributed by atoms with Gasteiger partial charge in [-0.15, -0.1) is 0 Å². The Kier molecular flexibility index (Phi) is 11.3. The number of hydrogen-bond donors (Lipinski definition) is 0. The van der Waals surface area contributed by atoms with Gasteiger partial charge in [0.25, 0.3) is 0 Å². The Labute approximate surface area is 146 Å². The molecule has 1 rings (SSSR count). The fourth-order valence-electron chi connectivity index (χ4n) is 3.66. The Morgan fingerprint density at radius 2 is 1.09 bits per heavy atom. The van der Waals surface area contributed by atoms with Crippen LogP contribution < -0.4 is 0 Å². The molecule has 0 aliphatic carbocycles. The van der Waals surface area contributed by atoms with Gasteiger partial charge in [0.2, 0.25) is 0 Å². The van der Waals surface area contributed by atoms with Crippen molar-refractivity contribution in [2.75, 3.05) is 13.1 Å². The summed E-state index contributed by atoms with van der Waals surface area (Å²) in [5, 5.41) is 0. The van der Waals surface area contributed by atoms with E-state index in [-0.39, 0.29) is 0 Å². The number of nitrogens with zero attached hydrogens (tertiary/aromatic N) is 2. The molecule has 1 heterocycles. The summed E-state index contributed by atoms with van der Waals surface area (Å²) in [7, 11) is 0. The molecule has 0 N–H and O–H groups in total. The smallest absolute Gasteiger partial charge is 0.103 e. The Hall–Kier alpha value is -0.660. The van der Waals surface area contributed by atoms with Crippen LogP contribution in [-0.4, -0.2) is 29.1 Å². The molecule has 0 bridgehead atoms. The van der Waals surface area contributed by atoms with Crippen molar-refractivity contribution in [3.8, 4) is 0 Å². The fraction of sp³-hybridized carbons (Fsp3) is 0.905. The zero-order valence-electron chi connectivity index (χ0n) is 16.4. The number of rotatable bonds is 14. The minimum atomic E-state index is 0.593. The first kappa shape index (κ1) is 20.4. The number of unbranched alkanes of at least 4 members (excludes halogenated alkanes) is 9. The molecule has 2 heteroatoms. The van der Waals surface area contributed by atoms with E-state index in [2.05, 4.69) is 49.9 Å². The van der Waals surface area contributed by atoms with Crippen LogP contribution in [0.4, 0.5) is 0 Å². The van der Waals surface area contributed by atoms with Crippen molar-refractivity contribution in [1.82, 2.24) is 9.80 Å². The molecule has 2 nitrogen and oxygen atoms in total. The largest absolute Gasteiger partial charge is 0.356 e. The van der Waals surface area contributed by atoms with Crippen LogP contribution in [-0.2, 0) is 0 Å². The monoisotopic (exact) mass is 322 g/mol. The topological polar surface area (TPSA) is 6.48 Å². The van der Waals surface area contributed by atoms with Crippen LogP contribution >= 0.6 is 0 Å². The summed E-state index contributed by atoms with van der Waals surface area (Å²) in [4.78, 5) is 5.14. The van der Waals surface area contributed by atoms with Gasteiger partial charge < -0.3 is 9.80 Å². The lowest BCUT2D eigenvalue weighted by Crippen LogP contribution is -2.43. The van der Waals surface area contributed by atoms with E-state index in [9.17, 15) is 0 Å². The predicted molar refractivity (Wildman–Crippen MR) is 103 cm³/mol. The van der Waals surface area contributed by atoms with Crippen LogP contribution in [0, 0.1) is 5.92 Å². The van der Waals surface area contributed by atoms with E-state index in [0.29, 0.717) is 12.1 Å². The normalized spacial score (nSPS) is 17.7. The van der Waals surface area contributed by atoms with Crippen LogP contribution in [0.25, 0.3) is 0 Å². The van der Waals surface area contributed by atoms with E-state index < -0.39 is 0 Å². The van der Waals surface area contributed by atoms with Crippen molar-refractivity contribution >= 4 is 0 Å². The molecule has 1 aliphatic heterocycles. The summed E-state index contributed by atoms with van der Waals surface area (Å²) >= 11 is 0. The summed E-state index contributed by atoms with van der Waals surface area (Å²) < 4.78 is 0. The van der Waals surface area contributed by atoms with Crippen molar-refractivity contribution in [2.24, 2.45) is 5.92 Å². The number of hydrogen-bond acceptors (Lipinski definition) is 2. The van der Waals surface area contributed by atoms with Gasteiger partial charge in [-0.3, -0.25) is 0 Å². The van der Waals surface area contributed by atoms with Crippen molar-refractivity contribution in [1.29, 1.82) is 0 Å². The van der Waals surface area contributed by atoms with E-state index in [1.165, 1.54) is 83.7 Å². The maximum atomic E-state index is 2.58. The average Bonchev–Trinajstić information content (AvgIpc) is 2.94. The predicted octanol–water partition coefficient (Wildman–Crippen LogP) is 6.39. The summed E-state index contributed by atoms with van der Waals surface area (Å²) in [6.45, 7) is 11.7. The van der Waals surface area contributed by atoms with Crippen molar-refractivity contribution in [3.63, 3.8) is 0 Å². The third kappa shape index (κ3) is 8.13. The van der Waals surface area contributed by atoms with Gasteiger partial charge in [-0.1, -0.05) is 85.5 Å². The molecule has 1 atom stereocenters. The average molecular weight is 323 g/mol. The fourth-order valence-corrected chi connectivity index (χ4v) is 3.66. The zero-order valence-corrected chi connectivity index (χ0v) is 16.4. The minimum absolute atomic E-state index is 0.593. The van der Waals surface area contributed by atoms with Crippen LogP contribution in [0.1, 0.15) is 98.3 Å². The molecular formula is C21H42N2. The lowest BCUT2D eigenvalue weighted by atomic mass is 10.1. The van der Waals surface area contributed by atoms with Crippen molar-refractivity contribution in [2.45, 2.75) is 104 Å². The molecule has 1 aliphatic rings. The van der Waals surface area contributed by atoms with Crippen molar-refractivity contribution < 1.29 is 0 Å². The van der Waals surface area contributed by atoms with Gasteiger partial charge in [-0.2, -0.15) is 0 Å². The molecule has 0 amide bonds. The first-order chi connectivity index (χ1) is 11.2. The van der Waals surface area contributed by atoms with Gasteiger partial charge in [-0.25, -0.2) is 0 Å². The second-order valence-electron chi connectivity index (χ2n) is 7.61.